The van der Waals surface area contributed by atoms with Crippen molar-refractivity contribution in [1.82, 2.24) is 0 Å². The van der Waals surface area contributed by atoms with Crippen LogP contribution >= 0.6 is 7.82 Å². The minimum absolute atomic E-state index is 0.0901. The summed E-state index contributed by atoms with van der Waals surface area (Å²) in [6.45, 7) is 4.98. The Morgan fingerprint density at radius 1 is 0.500 bits per heavy atom. The van der Waals surface area contributed by atoms with Crippen molar-refractivity contribution >= 4 is 13.8 Å². The molecule has 0 spiro atoms. The van der Waals surface area contributed by atoms with E-state index >= 15 is 0 Å². The van der Waals surface area contributed by atoms with E-state index in [1.807, 2.05) is 0 Å². The fourth-order valence-electron chi connectivity index (χ4n) is 6.70. The highest BCUT2D eigenvalue weighted by molar-refractivity contribution is 7.47. The molecular formula is C43H88NO7P. The summed E-state index contributed by atoms with van der Waals surface area (Å²) in [5, 5.41) is 0. The van der Waals surface area contributed by atoms with Crippen LogP contribution in [-0.2, 0) is 27.9 Å². The first-order valence-corrected chi connectivity index (χ1v) is 24.0. The van der Waals surface area contributed by atoms with E-state index in [1.165, 1.54) is 180 Å². The topological polar surface area (TPSA) is 117 Å². The van der Waals surface area contributed by atoms with Gasteiger partial charge in [-0.05, 0) is 12.8 Å². The summed E-state index contributed by atoms with van der Waals surface area (Å²) >= 11 is 0. The van der Waals surface area contributed by atoms with E-state index in [-0.39, 0.29) is 32.3 Å². The molecular weight excluding hydrogens is 673 g/mol. The Bertz CT molecular complexity index is 772. The number of esters is 1. The molecule has 1 unspecified atom stereocenters. The lowest BCUT2D eigenvalue weighted by molar-refractivity contribution is -0.154. The zero-order chi connectivity index (χ0) is 38.1. The van der Waals surface area contributed by atoms with Gasteiger partial charge < -0.3 is 20.1 Å². The van der Waals surface area contributed by atoms with Gasteiger partial charge in [-0.3, -0.25) is 13.8 Å². The predicted molar refractivity (Wildman–Crippen MR) is 220 cm³/mol. The molecule has 0 aliphatic carbocycles. The molecule has 52 heavy (non-hydrogen) atoms. The van der Waals surface area contributed by atoms with Crippen molar-refractivity contribution in [3.63, 3.8) is 0 Å². The molecule has 0 aromatic carbocycles. The Morgan fingerprint density at radius 3 is 1.21 bits per heavy atom. The minimum atomic E-state index is -4.27. The summed E-state index contributed by atoms with van der Waals surface area (Å²) in [6.07, 6.45) is 42.6. The number of rotatable bonds is 44. The van der Waals surface area contributed by atoms with Crippen LogP contribution in [0.5, 0.6) is 0 Å². The van der Waals surface area contributed by atoms with Crippen molar-refractivity contribution in [2.24, 2.45) is 5.73 Å². The maximum Gasteiger partial charge on any atom is 0.472 e. The molecule has 0 radical (unpaired) electrons. The van der Waals surface area contributed by atoms with Crippen molar-refractivity contribution in [2.75, 3.05) is 33.0 Å². The third-order valence-corrected chi connectivity index (χ3v) is 11.0. The molecule has 0 rings (SSSR count). The largest absolute Gasteiger partial charge is 0.472 e. The smallest absolute Gasteiger partial charge is 0.457 e. The number of unbranched alkanes of at least 4 members (excludes halogenated alkanes) is 31. The van der Waals surface area contributed by atoms with Crippen LogP contribution in [0.15, 0.2) is 0 Å². The average molecular weight is 762 g/mol. The van der Waals surface area contributed by atoms with Crippen LogP contribution in [0, 0.1) is 0 Å². The molecule has 0 aliphatic rings. The van der Waals surface area contributed by atoms with Crippen LogP contribution in [0.1, 0.15) is 232 Å². The van der Waals surface area contributed by atoms with Crippen molar-refractivity contribution in [1.29, 1.82) is 0 Å². The summed E-state index contributed by atoms with van der Waals surface area (Å²) in [5.74, 6) is -0.324. The highest BCUT2D eigenvalue weighted by Crippen LogP contribution is 2.43. The van der Waals surface area contributed by atoms with Gasteiger partial charge in [0, 0.05) is 19.6 Å². The molecule has 0 fully saturated rings. The first kappa shape index (κ1) is 51.5. The Kier molecular flexibility index (Phi) is 41.3. The number of phosphoric acid groups is 1. The van der Waals surface area contributed by atoms with Gasteiger partial charge in [0.15, 0.2) is 0 Å². The molecule has 0 aromatic rings. The predicted octanol–water partition coefficient (Wildman–Crippen LogP) is 13.3. The van der Waals surface area contributed by atoms with E-state index in [4.69, 9.17) is 24.3 Å². The lowest BCUT2D eigenvalue weighted by Crippen LogP contribution is -2.28. The molecule has 0 aromatic heterocycles. The zero-order valence-corrected chi connectivity index (χ0v) is 35.5. The highest BCUT2D eigenvalue weighted by atomic mass is 31.2. The third-order valence-electron chi connectivity index (χ3n) is 10.0. The number of hydrogen-bond donors (Lipinski definition) is 2. The summed E-state index contributed by atoms with van der Waals surface area (Å²) < 4.78 is 33.4. The van der Waals surface area contributed by atoms with Gasteiger partial charge in [0.1, 0.15) is 6.10 Å². The Hall–Kier alpha value is -0.500. The van der Waals surface area contributed by atoms with E-state index in [1.54, 1.807) is 0 Å². The van der Waals surface area contributed by atoms with Gasteiger partial charge >= 0.3 is 13.8 Å². The number of nitrogens with two attached hydrogens (primary N) is 1. The number of hydrogen-bond acceptors (Lipinski definition) is 7. The molecule has 8 nitrogen and oxygen atoms in total. The second kappa shape index (κ2) is 41.7. The van der Waals surface area contributed by atoms with Gasteiger partial charge in [-0.25, -0.2) is 4.57 Å². The lowest BCUT2D eigenvalue weighted by atomic mass is 10.0. The molecule has 0 saturated carbocycles. The third kappa shape index (κ3) is 40.7. The highest BCUT2D eigenvalue weighted by Gasteiger charge is 2.25. The van der Waals surface area contributed by atoms with Gasteiger partial charge in [-0.15, -0.1) is 0 Å². The van der Waals surface area contributed by atoms with Crippen molar-refractivity contribution in [3.05, 3.63) is 0 Å². The fourth-order valence-corrected chi connectivity index (χ4v) is 7.47. The number of ether oxygens (including phenoxy) is 2. The lowest BCUT2D eigenvalue weighted by Gasteiger charge is -2.20. The van der Waals surface area contributed by atoms with E-state index in [2.05, 4.69) is 13.8 Å². The molecule has 0 bridgehead atoms. The quantitative estimate of drug-likeness (QED) is 0.0358. The van der Waals surface area contributed by atoms with Crippen molar-refractivity contribution in [2.45, 2.75) is 238 Å². The van der Waals surface area contributed by atoms with Crippen molar-refractivity contribution < 1.29 is 32.8 Å². The van der Waals surface area contributed by atoms with E-state index < -0.39 is 13.9 Å². The molecule has 3 N–H and O–H groups in total. The Balaban J connectivity index is 3.91. The average Bonchev–Trinajstić information content (AvgIpc) is 3.13. The maximum absolute atomic E-state index is 12.6. The first-order chi connectivity index (χ1) is 25.4. The van der Waals surface area contributed by atoms with Crippen LogP contribution in [-0.4, -0.2) is 49.9 Å². The maximum atomic E-state index is 12.6. The summed E-state index contributed by atoms with van der Waals surface area (Å²) in [5.41, 5.74) is 5.37. The first-order valence-electron chi connectivity index (χ1n) is 22.5. The Morgan fingerprint density at radius 2 is 0.846 bits per heavy atom. The van der Waals surface area contributed by atoms with E-state index in [0.717, 1.165) is 32.1 Å². The number of carbonyl (C=O) groups excluding carboxylic acids is 1. The second-order valence-electron chi connectivity index (χ2n) is 15.3. The van der Waals surface area contributed by atoms with Gasteiger partial charge in [0.25, 0.3) is 0 Å². The molecule has 0 saturated heterocycles. The van der Waals surface area contributed by atoms with Crippen LogP contribution in [0.4, 0.5) is 0 Å². The molecule has 0 heterocycles. The van der Waals surface area contributed by atoms with Crippen LogP contribution in [0.2, 0.25) is 0 Å². The van der Waals surface area contributed by atoms with E-state index in [9.17, 15) is 14.3 Å². The normalized spacial score (nSPS) is 13.4. The molecule has 0 amide bonds. The van der Waals surface area contributed by atoms with Gasteiger partial charge in [0.05, 0.1) is 19.8 Å². The molecule has 9 heteroatoms. The SMILES string of the molecule is CCCCCCCCCCCCCCCCCCCCCCOC[C@H](COP(=O)(O)OCCN)OC(=O)CCCCCCCCCCCCCCC. The van der Waals surface area contributed by atoms with Crippen molar-refractivity contribution in [3.8, 4) is 0 Å². The molecule has 0 aliphatic heterocycles. The summed E-state index contributed by atoms with van der Waals surface area (Å²) in [7, 11) is -4.27. The second-order valence-corrected chi connectivity index (χ2v) is 16.7. The Labute approximate surface area is 322 Å². The van der Waals surface area contributed by atoms with Crippen LogP contribution in [0.25, 0.3) is 0 Å². The zero-order valence-electron chi connectivity index (χ0n) is 34.6. The summed E-state index contributed by atoms with van der Waals surface area (Å²) in [4.78, 5) is 22.5. The number of phosphoric ester groups is 1. The monoisotopic (exact) mass is 762 g/mol. The van der Waals surface area contributed by atoms with E-state index in [0.29, 0.717) is 13.0 Å². The minimum Gasteiger partial charge on any atom is -0.457 e. The molecule has 2 atom stereocenters. The summed E-state index contributed by atoms with van der Waals surface area (Å²) in [6, 6.07) is 0. The van der Waals surface area contributed by atoms with Gasteiger partial charge in [-0.1, -0.05) is 213 Å². The van der Waals surface area contributed by atoms with Gasteiger partial charge in [-0.2, -0.15) is 0 Å². The number of carbonyl (C=O) groups is 1. The molecule has 312 valence electrons. The fraction of sp³-hybridized carbons (Fsp3) is 0.977. The van der Waals surface area contributed by atoms with Crippen LogP contribution < -0.4 is 5.73 Å². The van der Waals surface area contributed by atoms with Crippen LogP contribution in [0.3, 0.4) is 0 Å². The van der Waals surface area contributed by atoms with Gasteiger partial charge in [0.2, 0.25) is 0 Å². The standard InChI is InChI=1S/C43H88NO7P/c1-3-5-7-9-11-13-15-17-18-19-20-21-22-23-25-27-29-31-33-35-38-48-40-42(41-50-52(46,47)49-39-37-44)51-43(45)36-34-32-30-28-26-24-16-14-12-10-8-6-4-2/h42H,3-41,44H2,1-2H3,(H,46,47)/t42-/m1/s1.